The van der Waals surface area contributed by atoms with Crippen LogP contribution in [0.3, 0.4) is 0 Å². The SMILES string of the molecule is CNCN(O)CCCN. The lowest BCUT2D eigenvalue weighted by molar-refractivity contribution is -0.0952. The Bertz CT molecular complexity index is 60.2. The fraction of sp³-hybridized carbons (Fsp3) is 1.00. The van der Waals surface area contributed by atoms with Crippen molar-refractivity contribution in [3.63, 3.8) is 0 Å². The summed E-state index contributed by atoms with van der Waals surface area (Å²) < 4.78 is 0. The third kappa shape index (κ3) is 5.72. The predicted octanol–water partition coefficient (Wildman–Crippen LogP) is -0.797. The highest BCUT2D eigenvalue weighted by atomic mass is 16.5. The van der Waals surface area contributed by atoms with Crippen LogP contribution in [0.15, 0.2) is 0 Å². The molecule has 0 aromatic carbocycles. The molecule has 4 nitrogen and oxygen atoms in total. The highest BCUT2D eigenvalue weighted by Gasteiger charge is 1.94. The maximum Gasteiger partial charge on any atom is 0.0726 e. The first-order chi connectivity index (χ1) is 4.31. The average molecular weight is 133 g/mol. The van der Waals surface area contributed by atoms with Gasteiger partial charge in [-0.2, -0.15) is 5.06 Å². The topological polar surface area (TPSA) is 61.5 Å². The number of hydrogen-bond acceptors (Lipinski definition) is 4. The van der Waals surface area contributed by atoms with Gasteiger partial charge in [0, 0.05) is 6.54 Å². The van der Waals surface area contributed by atoms with Crippen molar-refractivity contribution in [2.24, 2.45) is 5.73 Å². The largest absolute Gasteiger partial charge is 0.330 e. The minimum atomic E-state index is 0.500. The van der Waals surface area contributed by atoms with Gasteiger partial charge in [0.2, 0.25) is 0 Å². The molecule has 0 saturated heterocycles. The number of rotatable bonds is 5. The molecule has 0 rings (SSSR count). The lowest BCUT2D eigenvalue weighted by atomic mass is 10.4. The second kappa shape index (κ2) is 5.97. The summed E-state index contributed by atoms with van der Waals surface area (Å²) in [5, 5.41) is 12.9. The summed E-state index contributed by atoms with van der Waals surface area (Å²) in [6, 6.07) is 0. The summed E-state index contributed by atoms with van der Waals surface area (Å²) in [7, 11) is 1.78. The molecule has 0 saturated carbocycles. The maximum absolute atomic E-state index is 8.90. The van der Waals surface area contributed by atoms with Gasteiger partial charge >= 0.3 is 0 Å². The Balaban J connectivity index is 2.95. The van der Waals surface area contributed by atoms with Gasteiger partial charge in [-0.1, -0.05) is 0 Å². The number of nitrogens with zero attached hydrogens (tertiary/aromatic N) is 1. The van der Waals surface area contributed by atoms with Crippen LogP contribution in [-0.4, -0.2) is 37.1 Å². The standard InChI is InChI=1S/C5H15N3O/c1-7-5-8(9)4-2-3-6/h7,9H,2-6H2,1H3. The van der Waals surface area contributed by atoms with Gasteiger partial charge in [0.05, 0.1) is 6.67 Å². The molecule has 9 heavy (non-hydrogen) atoms. The van der Waals surface area contributed by atoms with E-state index in [0.717, 1.165) is 6.42 Å². The first-order valence-electron chi connectivity index (χ1n) is 3.09. The Morgan fingerprint density at radius 1 is 1.67 bits per heavy atom. The van der Waals surface area contributed by atoms with Crippen molar-refractivity contribution < 1.29 is 5.21 Å². The zero-order chi connectivity index (χ0) is 7.11. The highest BCUT2D eigenvalue weighted by Crippen LogP contribution is 1.80. The van der Waals surface area contributed by atoms with Crippen molar-refractivity contribution >= 4 is 0 Å². The van der Waals surface area contributed by atoms with Crippen LogP contribution >= 0.6 is 0 Å². The molecule has 0 aliphatic heterocycles. The zero-order valence-electron chi connectivity index (χ0n) is 5.80. The van der Waals surface area contributed by atoms with Gasteiger partial charge in [0.15, 0.2) is 0 Å². The second-order valence-electron chi connectivity index (χ2n) is 1.88. The van der Waals surface area contributed by atoms with Crippen LogP contribution in [0.1, 0.15) is 6.42 Å². The molecule has 0 radical (unpaired) electrons. The summed E-state index contributed by atoms with van der Waals surface area (Å²) in [5.74, 6) is 0. The van der Waals surface area contributed by atoms with Crippen LogP contribution in [0.4, 0.5) is 0 Å². The van der Waals surface area contributed by atoms with E-state index in [4.69, 9.17) is 10.9 Å². The Kier molecular flexibility index (Phi) is 5.86. The first-order valence-corrected chi connectivity index (χ1v) is 3.09. The van der Waals surface area contributed by atoms with Crippen LogP contribution < -0.4 is 11.1 Å². The molecule has 0 bridgehead atoms. The minimum Gasteiger partial charge on any atom is -0.330 e. The van der Waals surface area contributed by atoms with E-state index in [2.05, 4.69) is 5.32 Å². The van der Waals surface area contributed by atoms with Gasteiger partial charge in [-0.3, -0.25) is 0 Å². The van der Waals surface area contributed by atoms with Gasteiger partial charge in [0.25, 0.3) is 0 Å². The third-order valence-corrected chi connectivity index (χ3v) is 0.961. The quantitative estimate of drug-likeness (QED) is 0.339. The summed E-state index contributed by atoms with van der Waals surface area (Å²) in [4.78, 5) is 0. The van der Waals surface area contributed by atoms with E-state index < -0.39 is 0 Å². The van der Waals surface area contributed by atoms with Gasteiger partial charge < -0.3 is 16.3 Å². The van der Waals surface area contributed by atoms with Gasteiger partial charge in [-0.15, -0.1) is 0 Å². The molecule has 0 unspecified atom stereocenters. The number of nitrogens with one attached hydrogen (secondary N) is 1. The minimum absolute atomic E-state index is 0.500. The summed E-state index contributed by atoms with van der Waals surface area (Å²) in [6.45, 7) is 1.76. The molecule has 0 amide bonds. The monoisotopic (exact) mass is 133 g/mol. The lowest BCUT2D eigenvalue weighted by Crippen LogP contribution is -2.30. The Hall–Kier alpha value is -0.160. The van der Waals surface area contributed by atoms with E-state index in [1.807, 2.05) is 0 Å². The molecule has 0 fully saturated rings. The normalized spacial score (nSPS) is 10.7. The lowest BCUT2D eigenvalue weighted by Gasteiger charge is -2.12. The van der Waals surface area contributed by atoms with E-state index >= 15 is 0 Å². The van der Waals surface area contributed by atoms with Crippen molar-refractivity contribution in [1.29, 1.82) is 0 Å². The fourth-order valence-corrected chi connectivity index (χ4v) is 0.535. The number of nitrogens with two attached hydrogens (primary N) is 1. The molecular weight excluding hydrogens is 118 g/mol. The van der Waals surface area contributed by atoms with E-state index in [9.17, 15) is 0 Å². The van der Waals surface area contributed by atoms with Crippen LogP contribution in [0, 0.1) is 0 Å². The predicted molar refractivity (Wildman–Crippen MR) is 36.1 cm³/mol. The van der Waals surface area contributed by atoms with E-state index in [-0.39, 0.29) is 0 Å². The van der Waals surface area contributed by atoms with Crippen LogP contribution in [0.25, 0.3) is 0 Å². The van der Waals surface area contributed by atoms with Gasteiger partial charge in [0.1, 0.15) is 0 Å². The third-order valence-electron chi connectivity index (χ3n) is 0.961. The molecule has 4 N–H and O–H groups in total. The maximum atomic E-state index is 8.90. The Morgan fingerprint density at radius 3 is 2.78 bits per heavy atom. The highest BCUT2D eigenvalue weighted by molar-refractivity contribution is 4.42. The van der Waals surface area contributed by atoms with Crippen molar-refractivity contribution in [3.8, 4) is 0 Å². The summed E-state index contributed by atoms with van der Waals surface area (Å²) in [6.07, 6.45) is 0.832. The van der Waals surface area contributed by atoms with Crippen molar-refractivity contribution in [3.05, 3.63) is 0 Å². The van der Waals surface area contributed by atoms with E-state index in [0.29, 0.717) is 19.8 Å². The van der Waals surface area contributed by atoms with Crippen molar-refractivity contribution in [1.82, 2.24) is 10.4 Å². The molecular formula is C5H15N3O. The van der Waals surface area contributed by atoms with Crippen molar-refractivity contribution in [2.45, 2.75) is 6.42 Å². The Morgan fingerprint density at radius 2 is 2.33 bits per heavy atom. The van der Waals surface area contributed by atoms with E-state index in [1.165, 1.54) is 5.06 Å². The molecule has 0 aromatic rings. The van der Waals surface area contributed by atoms with Gasteiger partial charge in [-0.05, 0) is 20.0 Å². The second-order valence-corrected chi connectivity index (χ2v) is 1.88. The molecule has 56 valence electrons. The molecule has 0 spiro atoms. The summed E-state index contributed by atoms with van der Waals surface area (Å²) >= 11 is 0. The van der Waals surface area contributed by atoms with E-state index in [1.54, 1.807) is 7.05 Å². The van der Waals surface area contributed by atoms with Crippen LogP contribution in [-0.2, 0) is 0 Å². The fourth-order valence-electron chi connectivity index (χ4n) is 0.535. The molecule has 0 aromatic heterocycles. The van der Waals surface area contributed by atoms with Crippen LogP contribution in [0.2, 0.25) is 0 Å². The number of hydroxylamine groups is 2. The molecule has 0 aliphatic rings. The summed E-state index contributed by atoms with van der Waals surface area (Å²) in [5.41, 5.74) is 5.21. The molecule has 0 aliphatic carbocycles. The molecule has 0 atom stereocenters. The van der Waals surface area contributed by atoms with Gasteiger partial charge in [-0.25, -0.2) is 0 Å². The zero-order valence-corrected chi connectivity index (χ0v) is 5.80. The molecule has 0 heterocycles. The Labute approximate surface area is 55.6 Å². The smallest absolute Gasteiger partial charge is 0.0726 e. The molecule has 4 heteroatoms. The average Bonchev–Trinajstić information content (AvgIpc) is 1.85. The first kappa shape index (κ1) is 8.84. The van der Waals surface area contributed by atoms with Crippen LogP contribution in [0.5, 0.6) is 0 Å². The number of hydrogen-bond donors (Lipinski definition) is 3. The van der Waals surface area contributed by atoms with Crippen molar-refractivity contribution in [2.75, 3.05) is 26.8 Å².